The molecule has 4 heteroatoms. The SMILES string of the molecule is C[C@@H](NCc1ccc(Cl)c(Br)c1)c1cccs1. The number of hydrogen-bond donors (Lipinski definition) is 1. The summed E-state index contributed by atoms with van der Waals surface area (Å²) in [5.41, 5.74) is 1.23. The second kappa shape index (κ2) is 6.01. The monoisotopic (exact) mass is 329 g/mol. The zero-order valence-electron chi connectivity index (χ0n) is 9.41. The Balaban J connectivity index is 1.96. The molecule has 1 N–H and O–H groups in total. The van der Waals surface area contributed by atoms with E-state index >= 15 is 0 Å². The first-order valence-electron chi connectivity index (χ1n) is 5.37. The largest absolute Gasteiger partial charge is 0.305 e. The minimum absolute atomic E-state index is 0.379. The van der Waals surface area contributed by atoms with Crippen LogP contribution in [0.25, 0.3) is 0 Å². The Morgan fingerprint density at radius 3 is 2.88 bits per heavy atom. The molecule has 0 aliphatic rings. The molecule has 1 aromatic carbocycles. The standard InChI is InChI=1S/C13H13BrClNS/c1-9(13-3-2-6-17-13)16-8-10-4-5-12(15)11(14)7-10/h2-7,9,16H,8H2,1H3/t9-/m1/s1. The van der Waals surface area contributed by atoms with Crippen molar-refractivity contribution in [3.8, 4) is 0 Å². The van der Waals surface area contributed by atoms with E-state index in [1.165, 1.54) is 10.4 Å². The first-order chi connectivity index (χ1) is 8.16. The molecule has 0 radical (unpaired) electrons. The summed E-state index contributed by atoms with van der Waals surface area (Å²) < 4.78 is 0.947. The summed E-state index contributed by atoms with van der Waals surface area (Å²) in [4.78, 5) is 1.36. The first-order valence-corrected chi connectivity index (χ1v) is 7.42. The molecule has 0 spiro atoms. The fraction of sp³-hybridized carbons (Fsp3) is 0.231. The molecule has 1 atom stereocenters. The van der Waals surface area contributed by atoms with Gasteiger partial charge in [-0.2, -0.15) is 0 Å². The molecule has 0 saturated heterocycles. The van der Waals surface area contributed by atoms with Crippen LogP contribution in [-0.2, 0) is 6.54 Å². The highest BCUT2D eigenvalue weighted by Gasteiger charge is 2.06. The third-order valence-corrected chi connectivity index (χ3v) is 4.84. The van der Waals surface area contributed by atoms with Crippen LogP contribution in [0.3, 0.4) is 0 Å². The highest BCUT2D eigenvalue weighted by molar-refractivity contribution is 9.10. The molecule has 0 bridgehead atoms. The van der Waals surface area contributed by atoms with Crippen molar-refractivity contribution in [1.82, 2.24) is 5.32 Å². The molecule has 0 fully saturated rings. The summed E-state index contributed by atoms with van der Waals surface area (Å²) in [7, 11) is 0. The van der Waals surface area contributed by atoms with E-state index in [1.807, 2.05) is 12.1 Å². The molecule has 2 aromatic rings. The van der Waals surface area contributed by atoms with E-state index in [9.17, 15) is 0 Å². The maximum absolute atomic E-state index is 5.96. The summed E-state index contributed by atoms with van der Waals surface area (Å²) in [6.07, 6.45) is 0. The lowest BCUT2D eigenvalue weighted by molar-refractivity contribution is 0.583. The minimum Gasteiger partial charge on any atom is -0.305 e. The number of thiophene rings is 1. The van der Waals surface area contributed by atoms with Gasteiger partial charge in [0.25, 0.3) is 0 Å². The van der Waals surface area contributed by atoms with Crippen LogP contribution >= 0.6 is 38.9 Å². The van der Waals surface area contributed by atoms with Crippen LogP contribution in [-0.4, -0.2) is 0 Å². The minimum atomic E-state index is 0.379. The topological polar surface area (TPSA) is 12.0 Å². The van der Waals surface area contributed by atoms with Crippen LogP contribution in [0, 0.1) is 0 Å². The van der Waals surface area contributed by atoms with Crippen LogP contribution in [0.15, 0.2) is 40.2 Å². The van der Waals surface area contributed by atoms with E-state index in [1.54, 1.807) is 11.3 Å². The molecule has 0 unspecified atom stereocenters. The smallest absolute Gasteiger partial charge is 0.0548 e. The van der Waals surface area contributed by atoms with Gasteiger partial charge in [0.2, 0.25) is 0 Å². The molecule has 1 aromatic heterocycles. The molecule has 0 amide bonds. The van der Waals surface area contributed by atoms with Crippen LogP contribution in [0.5, 0.6) is 0 Å². The Labute approximate surface area is 119 Å². The van der Waals surface area contributed by atoms with E-state index in [-0.39, 0.29) is 0 Å². The number of hydrogen-bond acceptors (Lipinski definition) is 2. The van der Waals surface area contributed by atoms with Gasteiger partial charge in [-0.25, -0.2) is 0 Å². The molecule has 0 aliphatic carbocycles. The first kappa shape index (κ1) is 13.1. The lowest BCUT2D eigenvalue weighted by Crippen LogP contribution is -2.17. The van der Waals surface area contributed by atoms with Gasteiger partial charge < -0.3 is 5.32 Å². The zero-order chi connectivity index (χ0) is 12.3. The van der Waals surface area contributed by atoms with Gasteiger partial charge in [0, 0.05) is 21.9 Å². The number of rotatable bonds is 4. The van der Waals surface area contributed by atoms with Gasteiger partial charge in [-0.1, -0.05) is 23.7 Å². The molecule has 1 nitrogen and oxygen atoms in total. The predicted octanol–water partition coefficient (Wildman–Crippen LogP) is 5.01. The van der Waals surface area contributed by atoms with E-state index in [4.69, 9.17) is 11.6 Å². The van der Waals surface area contributed by atoms with Crippen LogP contribution in [0.2, 0.25) is 5.02 Å². The van der Waals surface area contributed by atoms with Crippen molar-refractivity contribution in [2.24, 2.45) is 0 Å². The van der Waals surface area contributed by atoms with Gasteiger partial charge in [-0.3, -0.25) is 0 Å². The van der Waals surface area contributed by atoms with Gasteiger partial charge >= 0.3 is 0 Å². The van der Waals surface area contributed by atoms with Crippen LogP contribution < -0.4 is 5.32 Å². The van der Waals surface area contributed by atoms with Crippen LogP contribution in [0.1, 0.15) is 23.4 Å². The third-order valence-electron chi connectivity index (χ3n) is 2.57. The third kappa shape index (κ3) is 3.55. The highest BCUT2D eigenvalue weighted by atomic mass is 79.9. The molecule has 1 heterocycles. The quantitative estimate of drug-likeness (QED) is 0.830. The Kier molecular flexibility index (Phi) is 4.62. The lowest BCUT2D eigenvalue weighted by atomic mass is 10.2. The van der Waals surface area contributed by atoms with Crippen molar-refractivity contribution in [1.29, 1.82) is 0 Å². The zero-order valence-corrected chi connectivity index (χ0v) is 12.6. The second-order valence-electron chi connectivity index (χ2n) is 3.87. The summed E-state index contributed by atoms with van der Waals surface area (Å²) in [5.74, 6) is 0. The average molecular weight is 331 g/mol. The predicted molar refractivity (Wildman–Crippen MR) is 78.7 cm³/mol. The second-order valence-corrected chi connectivity index (χ2v) is 6.11. The molecular formula is C13H13BrClNS. The van der Waals surface area contributed by atoms with E-state index in [0.29, 0.717) is 6.04 Å². The summed E-state index contributed by atoms with van der Waals surface area (Å²) in [5, 5.41) is 6.35. The summed E-state index contributed by atoms with van der Waals surface area (Å²) in [6.45, 7) is 3.02. The Morgan fingerprint density at radius 2 is 2.24 bits per heavy atom. The molecule has 17 heavy (non-hydrogen) atoms. The van der Waals surface area contributed by atoms with Crippen molar-refractivity contribution >= 4 is 38.9 Å². The Morgan fingerprint density at radius 1 is 1.41 bits per heavy atom. The lowest BCUT2D eigenvalue weighted by Gasteiger charge is -2.12. The van der Waals surface area contributed by atoms with Crippen molar-refractivity contribution in [2.45, 2.75) is 19.5 Å². The van der Waals surface area contributed by atoms with E-state index in [0.717, 1.165) is 16.0 Å². The summed E-state index contributed by atoms with van der Waals surface area (Å²) in [6, 6.07) is 10.6. The highest BCUT2D eigenvalue weighted by Crippen LogP contribution is 2.24. The van der Waals surface area contributed by atoms with Crippen molar-refractivity contribution < 1.29 is 0 Å². The van der Waals surface area contributed by atoms with E-state index in [2.05, 4.69) is 51.7 Å². The molecule has 2 rings (SSSR count). The van der Waals surface area contributed by atoms with Gasteiger partial charge in [0.15, 0.2) is 0 Å². The van der Waals surface area contributed by atoms with Crippen molar-refractivity contribution in [3.63, 3.8) is 0 Å². The Bertz CT molecular complexity index is 484. The number of nitrogens with one attached hydrogen (secondary N) is 1. The molecular weight excluding hydrogens is 318 g/mol. The van der Waals surface area contributed by atoms with Gasteiger partial charge in [-0.15, -0.1) is 11.3 Å². The van der Waals surface area contributed by atoms with Gasteiger partial charge in [0.05, 0.1) is 5.02 Å². The van der Waals surface area contributed by atoms with E-state index < -0.39 is 0 Å². The van der Waals surface area contributed by atoms with Crippen LogP contribution in [0.4, 0.5) is 0 Å². The molecule has 90 valence electrons. The Hall–Kier alpha value is -0.350. The van der Waals surface area contributed by atoms with Crippen molar-refractivity contribution in [2.75, 3.05) is 0 Å². The van der Waals surface area contributed by atoms with Gasteiger partial charge in [-0.05, 0) is 52.0 Å². The normalized spacial score (nSPS) is 12.6. The maximum Gasteiger partial charge on any atom is 0.0548 e. The van der Waals surface area contributed by atoms with Gasteiger partial charge in [0.1, 0.15) is 0 Å². The molecule has 0 saturated carbocycles. The summed E-state index contributed by atoms with van der Waals surface area (Å²) >= 11 is 11.2. The maximum atomic E-state index is 5.96. The number of benzene rings is 1. The number of halogens is 2. The van der Waals surface area contributed by atoms with Crippen molar-refractivity contribution in [3.05, 3.63) is 55.6 Å². The fourth-order valence-corrected chi connectivity index (χ4v) is 2.86. The average Bonchev–Trinajstić information content (AvgIpc) is 2.84. The fourth-order valence-electron chi connectivity index (χ4n) is 1.56. The molecule has 0 aliphatic heterocycles.